The number of benzene rings is 2. The van der Waals surface area contributed by atoms with E-state index in [0.29, 0.717) is 5.56 Å². The minimum atomic E-state index is -1.04. The lowest BCUT2D eigenvalue weighted by atomic mass is 10.2. The Labute approximate surface area is 145 Å². The Morgan fingerprint density at radius 1 is 1.26 bits per heavy atom. The largest absolute Gasteiger partial charge is 0.449 e. The molecule has 4 nitrogen and oxygen atoms in total. The van der Waals surface area contributed by atoms with Crippen LogP contribution in [0, 0.1) is 5.82 Å². The van der Waals surface area contributed by atoms with Crippen LogP contribution in [0.15, 0.2) is 46.9 Å². The number of ether oxygens (including phenoxy) is 1. The Hall–Kier alpha value is -1.92. The third-order valence-corrected chi connectivity index (χ3v) is 3.71. The number of anilines is 1. The van der Waals surface area contributed by atoms with Gasteiger partial charge in [0.2, 0.25) is 0 Å². The van der Waals surface area contributed by atoms with E-state index in [-0.39, 0.29) is 10.7 Å². The molecule has 1 amide bonds. The number of hydrogen-bond acceptors (Lipinski definition) is 3. The van der Waals surface area contributed by atoms with Crippen molar-refractivity contribution in [3.63, 3.8) is 0 Å². The fraction of sp³-hybridized carbons (Fsp3) is 0.125. The van der Waals surface area contributed by atoms with Gasteiger partial charge in [-0.15, -0.1) is 0 Å². The summed E-state index contributed by atoms with van der Waals surface area (Å²) in [5.41, 5.74) is 0.558. The molecule has 7 heteroatoms. The van der Waals surface area contributed by atoms with E-state index in [1.807, 2.05) is 0 Å². The third kappa shape index (κ3) is 4.77. The summed E-state index contributed by atoms with van der Waals surface area (Å²) in [6, 6.07) is 10.2. The first-order chi connectivity index (χ1) is 10.9. The molecule has 0 bridgehead atoms. The van der Waals surface area contributed by atoms with Crippen LogP contribution in [0.3, 0.4) is 0 Å². The summed E-state index contributed by atoms with van der Waals surface area (Å²) >= 11 is 9.08. The van der Waals surface area contributed by atoms with Gasteiger partial charge in [0.05, 0.1) is 16.3 Å². The molecule has 0 saturated carbocycles. The summed E-state index contributed by atoms with van der Waals surface area (Å²) in [5.74, 6) is -1.71. The number of halogens is 3. The molecule has 1 atom stereocenters. The van der Waals surface area contributed by atoms with Gasteiger partial charge in [0.25, 0.3) is 5.91 Å². The van der Waals surface area contributed by atoms with Crippen LogP contribution in [0.2, 0.25) is 5.02 Å². The predicted molar refractivity (Wildman–Crippen MR) is 89.1 cm³/mol. The first-order valence-electron chi connectivity index (χ1n) is 6.59. The highest BCUT2D eigenvalue weighted by atomic mass is 79.9. The fourth-order valence-corrected chi connectivity index (χ4v) is 2.34. The van der Waals surface area contributed by atoms with Crippen LogP contribution < -0.4 is 5.32 Å². The zero-order valence-corrected chi connectivity index (χ0v) is 14.3. The molecule has 0 heterocycles. The lowest BCUT2D eigenvalue weighted by Crippen LogP contribution is -2.30. The maximum Gasteiger partial charge on any atom is 0.338 e. The van der Waals surface area contributed by atoms with Crippen LogP contribution in [0.4, 0.5) is 10.1 Å². The van der Waals surface area contributed by atoms with Crippen LogP contribution in [-0.2, 0) is 9.53 Å². The maximum atomic E-state index is 13.0. The lowest BCUT2D eigenvalue weighted by Gasteiger charge is -2.14. The highest BCUT2D eigenvalue weighted by Crippen LogP contribution is 2.22. The molecule has 2 aromatic rings. The third-order valence-electron chi connectivity index (χ3n) is 2.90. The number of nitrogens with one attached hydrogen (secondary N) is 1. The van der Waals surface area contributed by atoms with E-state index in [1.54, 1.807) is 24.3 Å². The van der Waals surface area contributed by atoms with Crippen molar-refractivity contribution in [3.05, 3.63) is 63.3 Å². The molecule has 1 N–H and O–H groups in total. The van der Waals surface area contributed by atoms with Crippen molar-refractivity contribution in [3.8, 4) is 0 Å². The van der Waals surface area contributed by atoms with Gasteiger partial charge in [-0.2, -0.15) is 0 Å². The minimum absolute atomic E-state index is 0.0591. The van der Waals surface area contributed by atoms with Crippen LogP contribution >= 0.6 is 27.5 Å². The van der Waals surface area contributed by atoms with E-state index < -0.39 is 23.8 Å². The van der Waals surface area contributed by atoms with Crippen molar-refractivity contribution in [2.24, 2.45) is 0 Å². The molecule has 2 aromatic carbocycles. The van der Waals surface area contributed by atoms with Gasteiger partial charge in [0.1, 0.15) is 5.82 Å². The molecule has 0 aliphatic carbocycles. The first-order valence-corrected chi connectivity index (χ1v) is 7.76. The van der Waals surface area contributed by atoms with Gasteiger partial charge in [0.15, 0.2) is 6.10 Å². The molecule has 2 rings (SSSR count). The van der Waals surface area contributed by atoms with Crippen molar-refractivity contribution in [1.29, 1.82) is 0 Å². The Morgan fingerprint density at radius 2 is 2.00 bits per heavy atom. The number of esters is 1. The average molecular weight is 401 g/mol. The lowest BCUT2D eigenvalue weighted by molar-refractivity contribution is -0.123. The average Bonchev–Trinajstić information content (AvgIpc) is 2.49. The summed E-state index contributed by atoms with van der Waals surface area (Å²) in [6.07, 6.45) is -1.04. The van der Waals surface area contributed by atoms with Crippen molar-refractivity contribution < 1.29 is 18.7 Å². The second-order valence-electron chi connectivity index (χ2n) is 4.67. The molecule has 0 aliphatic rings. The molecular formula is C16H12BrClFNO3. The van der Waals surface area contributed by atoms with E-state index in [1.165, 1.54) is 19.1 Å². The molecule has 120 valence electrons. The second-order valence-corrected chi connectivity index (χ2v) is 5.99. The summed E-state index contributed by atoms with van der Waals surface area (Å²) in [5, 5.41) is 2.54. The SMILES string of the molecule is C[C@H](OC(=O)c1cccc(Br)c1)C(=O)Nc1ccc(F)cc1Cl. The Morgan fingerprint density at radius 3 is 2.65 bits per heavy atom. The topological polar surface area (TPSA) is 55.4 Å². The molecule has 0 spiro atoms. The molecule has 0 saturated heterocycles. The van der Waals surface area contributed by atoms with Gasteiger partial charge >= 0.3 is 5.97 Å². The van der Waals surface area contributed by atoms with Gasteiger partial charge in [-0.05, 0) is 43.3 Å². The van der Waals surface area contributed by atoms with Crippen LogP contribution in [0.5, 0.6) is 0 Å². The van der Waals surface area contributed by atoms with Crippen molar-refractivity contribution in [2.75, 3.05) is 5.32 Å². The molecule has 23 heavy (non-hydrogen) atoms. The molecule has 0 unspecified atom stereocenters. The van der Waals surface area contributed by atoms with Gasteiger partial charge < -0.3 is 10.1 Å². The van der Waals surface area contributed by atoms with Crippen LogP contribution in [-0.4, -0.2) is 18.0 Å². The van der Waals surface area contributed by atoms with E-state index in [9.17, 15) is 14.0 Å². The maximum absolute atomic E-state index is 13.0. The standard InChI is InChI=1S/C16H12BrClFNO3/c1-9(23-16(22)10-3-2-4-11(17)7-10)15(21)20-14-6-5-12(19)8-13(14)18/h2-9H,1H3,(H,20,21)/t9-/m0/s1. The summed E-state index contributed by atoms with van der Waals surface area (Å²) in [6.45, 7) is 1.43. The van der Waals surface area contributed by atoms with E-state index in [4.69, 9.17) is 16.3 Å². The van der Waals surface area contributed by atoms with Gasteiger partial charge in [-0.3, -0.25) is 4.79 Å². The van der Waals surface area contributed by atoms with E-state index in [0.717, 1.165) is 10.5 Å². The van der Waals surface area contributed by atoms with Crippen LogP contribution in [0.25, 0.3) is 0 Å². The molecular weight excluding hydrogens is 389 g/mol. The predicted octanol–water partition coefficient (Wildman–Crippen LogP) is 4.43. The molecule has 0 aromatic heterocycles. The minimum Gasteiger partial charge on any atom is -0.449 e. The van der Waals surface area contributed by atoms with Gasteiger partial charge in [-0.25, -0.2) is 9.18 Å². The second kappa shape index (κ2) is 7.57. The first kappa shape index (κ1) is 17.4. The van der Waals surface area contributed by atoms with Gasteiger partial charge in [0, 0.05) is 4.47 Å². The summed E-state index contributed by atoms with van der Waals surface area (Å²) < 4.78 is 18.8. The van der Waals surface area contributed by atoms with E-state index >= 15 is 0 Å². The highest BCUT2D eigenvalue weighted by molar-refractivity contribution is 9.10. The van der Waals surface area contributed by atoms with E-state index in [2.05, 4.69) is 21.2 Å². The van der Waals surface area contributed by atoms with Crippen molar-refractivity contribution >= 4 is 45.1 Å². The monoisotopic (exact) mass is 399 g/mol. The fourth-order valence-electron chi connectivity index (χ4n) is 1.72. The smallest absolute Gasteiger partial charge is 0.338 e. The molecule has 0 fully saturated rings. The van der Waals surface area contributed by atoms with Crippen molar-refractivity contribution in [2.45, 2.75) is 13.0 Å². The van der Waals surface area contributed by atoms with Crippen LogP contribution in [0.1, 0.15) is 17.3 Å². The highest BCUT2D eigenvalue weighted by Gasteiger charge is 2.20. The zero-order valence-electron chi connectivity index (χ0n) is 12.0. The Kier molecular flexibility index (Phi) is 5.74. The number of hydrogen-bond donors (Lipinski definition) is 1. The van der Waals surface area contributed by atoms with Crippen molar-refractivity contribution in [1.82, 2.24) is 0 Å². The summed E-state index contributed by atoms with van der Waals surface area (Å²) in [4.78, 5) is 24.0. The summed E-state index contributed by atoms with van der Waals surface area (Å²) in [7, 11) is 0. The van der Waals surface area contributed by atoms with Gasteiger partial charge in [-0.1, -0.05) is 33.6 Å². The quantitative estimate of drug-likeness (QED) is 0.773. The normalized spacial score (nSPS) is 11.7. The molecule has 0 aliphatic heterocycles. The number of rotatable bonds is 4. The number of carbonyl (C=O) groups excluding carboxylic acids is 2. The number of amides is 1. The number of carbonyl (C=O) groups is 2. The molecule has 0 radical (unpaired) electrons. The Bertz CT molecular complexity index is 754. The Balaban J connectivity index is 2.01. The zero-order chi connectivity index (χ0) is 17.0.